The molecule has 4 nitrogen and oxygen atoms in total. The van der Waals surface area contributed by atoms with Crippen molar-refractivity contribution >= 4 is 10.9 Å². The first kappa shape index (κ1) is 14.6. The molecular formula is C18H21N3O. The van der Waals surface area contributed by atoms with Gasteiger partial charge in [0.15, 0.2) is 0 Å². The Morgan fingerprint density at radius 3 is 3.00 bits per heavy atom. The lowest BCUT2D eigenvalue weighted by Gasteiger charge is -2.13. The van der Waals surface area contributed by atoms with E-state index < -0.39 is 0 Å². The molecule has 4 heteroatoms. The van der Waals surface area contributed by atoms with Crippen molar-refractivity contribution in [2.75, 3.05) is 6.61 Å². The number of ether oxygens (including phenoxy) is 1. The number of aryl methyl sites for hydroxylation is 1. The number of nitrogens with zero attached hydrogens (tertiary/aromatic N) is 1. The maximum Gasteiger partial charge on any atom is 0.137 e. The number of hydrogen-bond acceptors (Lipinski definition) is 3. The van der Waals surface area contributed by atoms with E-state index in [0.29, 0.717) is 6.61 Å². The van der Waals surface area contributed by atoms with E-state index in [0.717, 1.165) is 24.1 Å². The Hall–Kier alpha value is -2.33. The fourth-order valence-electron chi connectivity index (χ4n) is 2.58. The normalized spacial score (nSPS) is 12.5. The topological polar surface area (TPSA) is 63.9 Å². The first-order valence-corrected chi connectivity index (χ1v) is 7.63. The van der Waals surface area contributed by atoms with Crippen LogP contribution in [0.5, 0.6) is 5.75 Å². The molecular weight excluding hydrogens is 274 g/mol. The largest absolute Gasteiger partial charge is 0.490 e. The molecule has 0 aliphatic heterocycles. The van der Waals surface area contributed by atoms with Crippen molar-refractivity contribution in [2.24, 2.45) is 5.73 Å². The van der Waals surface area contributed by atoms with Crippen LogP contribution < -0.4 is 10.5 Å². The van der Waals surface area contributed by atoms with Crippen LogP contribution in [-0.2, 0) is 12.8 Å². The van der Waals surface area contributed by atoms with Crippen LogP contribution in [0.25, 0.3) is 10.9 Å². The van der Waals surface area contributed by atoms with Crippen LogP contribution in [0.2, 0.25) is 0 Å². The molecule has 0 unspecified atom stereocenters. The number of H-pyrrole nitrogens is 1. The summed E-state index contributed by atoms with van der Waals surface area (Å²) >= 11 is 0. The minimum Gasteiger partial charge on any atom is -0.490 e. The van der Waals surface area contributed by atoms with Crippen LogP contribution in [0.1, 0.15) is 18.1 Å². The summed E-state index contributed by atoms with van der Waals surface area (Å²) in [6.45, 7) is 2.58. The zero-order valence-electron chi connectivity index (χ0n) is 12.8. The van der Waals surface area contributed by atoms with Gasteiger partial charge in [0, 0.05) is 29.3 Å². The molecule has 2 heterocycles. The van der Waals surface area contributed by atoms with E-state index in [1.807, 2.05) is 30.6 Å². The van der Waals surface area contributed by atoms with Crippen LogP contribution in [0, 0.1) is 0 Å². The van der Waals surface area contributed by atoms with Gasteiger partial charge in [-0.25, -0.2) is 0 Å². The highest BCUT2D eigenvalue weighted by Gasteiger charge is 2.09. The smallest absolute Gasteiger partial charge is 0.137 e. The molecule has 0 bridgehead atoms. The average Bonchev–Trinajstić information content (AvgIpc) is 2.96. The molecule has 3 rings (SSSR count). The second-order valence-electron chi connectivity index (χ2n) is 5.52. The van der Waals surface area contributed by atoms with E-state index in [2.05, 4.69) is 29.0 Å². The molecule has 0 saturated heterocycles. The lowest BCUT2D eigenvalue weighted by atomic mass is 10.1. The van der Waals surface area contributed by atoms with E-state index in [4.69, 9.17) is 10.5 Å². The van der Waals surface area contributed by atoms with Gasteiger partial charge >= 0.3 is 0 Å². The molecule has 0 saturated carbocycles. The van der Waals surface area contributed by atoms with Gasteiger partial charge in [-0.1, -0.05) is 25.1 Å². The van der Waals surface area contributed by atoms with Crippen molar-refractivity contribution in [2.45, 2.75) is 25.8 Å². The zero-order valence-corrected chi connectivity index (χ0v) is 12.8. The van der Waals surface area contributed by atoms with Gasteiger partial charge in [0.1, 0.15) is 12.4 Å². The van der Waals surface area contributed by atoms with Crippen LogP contribution in [-0.4, -0.2) is 22.6 Å². The van der Waals surface area contributed by atoms with E-state index in [1.165, 1.54) is 16.5 Å². The van der Waals surface area contributed by atoms with Crippen molar-refractivity contribution in [3.63, 3.8) is 0 Å². The summed E-state index contributed by atoms with van der Waals surface area (Å²) in [7, 11) is 0. The molecule has 22 heavy (non-hydrogen) atoms. The standard InChI is InChI=1S/C18H21N3O/c1-2-13-7-16(11-20-9-13)22-12-15(19)8-14-10-21-18-6-4-3-5-17(14)18/h3-7,9-11,15,21H,2,8,12,19H2,1H3/t15-/m0/s1. The molecule has 0 fully saturated rings. The highest BCUT2D eigenvalue weighted by molar-refractivity contribution is 5.83. The van der Waals surface area contributed by atoms with Gasteiger partial charge in [-0.15, -0.1) is 0 Å². The molecule has 3 N–H and O–H groups in total. The second kappa shape index (κ2) is 6.62. The van der Waals surface area contributed by atoms with E-state index in [1.54, 1.807) is 6.20 Å². The Morgan fingerprint density at radius 1 is 1.27 bits per heavy atom. The Bertz CT molecular complexity index is 751. The Balaban J connectivity index is 1.61. The van der Waals surface area contributed by atoms with Gasteiger partial charge in [0.25, 0.3) is 0 Å². The number of fused-ring (bicyclic) bond motifs is 1. The SMILES string of the molecule is CCc1cncc(OC[C@@H](N)Cc2c[nH]c3ccccc23)c1. The summed E-state index contributed by atoms with van der Waals surface area (Å²) in [5.41, 5.74) is 9.76. The highest BCUT2D eigenvalue weighted by atomic mass is 16.5. The van der Waals surface area contributed by atoms with E-state index >= 15 is 0 Å². The predicted molar refractivity (Wildman–Crippen MR) is 89.1 cm³/mol. The van der Waals surface area contributed by atoms with Crippen molar-refractivity contribution in [1.82, 2.24) is 9.97 Å². The predicted octanol–water partition coefficient (Wildman–Crippen LogP) is 3.07. The molecule has 0 amide bonds. The first-order chi connectivity index (χ1) is 10.8. The minimum atomic E-state index is -0.0514. The summed E-state index contributed by atoms with van der Waals surface area (Å²) in [5.74, 6) is 0.786. The van der Waals surface area contributed by atoms with Crippen molar-refractivity contribution in [1.29, 1.82) is 0 Å². The number of rotatable bonds is 6. The minimum absolute atomic E-state index is 0.0514. The fraction of sp³-hybridized carbons (Fsp3) is 0.278. The summed E-state index contributed by atoms with van der Waals surface area (Å²) in [6, 6.07) is 10.2. The number of nitrogens with one attached hydrogen (secondary N) is 1. The summed E-state index contributed by atoms with van der Waals surface area (Å²) in [5, 5.41) is 1.23. The van der Waals surface area contributed by atoms with Crippen LogP contribution >= 0.6 is 0 Å². The summed E-state index contributed by atoms with van der Waals surface area (Å²) < 4.78 is 5.77. The van der Waals surface area contributed by atoms with Gasteiger partial charge < -0.3 is 15.5 Å². The molecule has 3 aromatic rings. The van der Waals surface area contributed by atoms with Gasteiger partial charge in [0.2, 0.25) is 0 Å². The van der Waals surface area contributed by atoms with E-state index in [-0.39, 0.29) is 6.04 Å². The molecule has 0 aliphatic carbocycles. The molecule has 114 valence electrons. The van der Waals surface area contributed by atoms with Gasteiger partial charge in [-0.2, -0.15) is 0 Å². The summed E-state index contributed by atoms with van der Waals surface area (Å²) in [4.78, 5) is 7.46. The van der Waals surface area contributed by atoms with Crippen LogP contribution in [0.3, 0.4) is 0 Å². The molecule has 1 atom stereocenters. The number of aromatic amines is 1. The highest BCUT2D eigenvalue weighted by Crippen LogP contribution is 2.19. The molecule has 0 aliphatic rings. The zero-order chi connectivity index (χ0) is 15.4. The van der Waals surface area contributed by atoms with Crippen LogP contribution in [0.15, 0.2) is 48.9 Å². The Labute approximate surface area is 130 Å². The van der Waals surface area contributed by atoms with Gasteiger partial charge in [0.05, 0.1) is 6.20 Å². The van der Waals surface area contributed by atoms with Crippen molar-refractivity contribution < 1.29 is 4.74 Å². The lowest BCUT2D eigenvalue weighted by Crippen LogP contribution is -2.30. The average molecular weight is 295 g/mol. The monoisotopic (exact) mass is 295 g/mol. The Morgan fingerprint density at radius 2 is 2.14 bits per heavy atom. The van der Waals surface area contributed by atoms with Crippen LogP contribution in [0.4, 0.5) is 0 Å². The number of benzene rings is 1. The molecule has 1 aromatic carbocycles. The molecule has 0 spiro atoms. The number of hydrogen-bond donors (Lipinski definition) is 2. The summed E-state index contributed by atoms with van der Waals surface area (Å²) in [6.07, 6.45) is 7.36. The van der Waals surface area contributed by atoms with Gasteiger partial charge in [-0.3, -0.25) is 4.98 Å². The Kier molecular flexibility index (Phi) is 4.39. The lowest BCUT2D eigenvalue weighted by molar-refractivity contribution is 0.286. The van der Waals surface area contributed by atoms with Crippen molar-refractivity contribution in [3.05, 3.63) is 60.0 Å². The maximum atomic E-state index is 6.22. The molecule has 2 aromatic heterocycles. The van der Waals surface area contributed by atoms with Gasteiger partial charge in [-0.05, 0) is 36.1 Å². The van der Waals surface area contributed by atoms with Crippen molar-refractivity contribution in [3.8, 4) is 5.75 Å². The second-order valence-corrected chi connectivity index (χ2v) is 5.52. The quantitative estimate of drug-likeness (QED) is 0.734. The third-order valence-electron chi connectivity index (χ3n) is 3.80. The number of aromatic nitrogens is 2. The number of nitrogens with two attached hydrogens (primary N) is 1. The van der Waals surface area contributed by atoms with E-state index in [9.17, 15) is 0 Å². The third kappa shape index (κ3) is 3.28. The first-order valence-electron chi connectivity index (χ1n) is 7.63. The maximum absolute atomic E-state index is 6.22. The molecule has 0 radical (unpaired) electrons. The third-order valence-corrected chi connectivity index (χ3v) is 3.80. The number of pyridine rings is 1. The fourth-order valence-corrected chi connectivity index (χ4v) is 2.58. The number of para-hydroxylation sites is 1.